The van der Waals surface area contributed by atoms with E-state index in [-0.39, 0.29) is 12.4 Å². The Bertz CT molecular complexity index is 111. The minimum Gasteiger partial charge on any atom is -0.376 e. The number of hydrogen-bond donors (Lipinski definition) is 1. The van der Waals surface area contributed by atoms with Crippen molar-refractivity contribution >= 4 is 12.4 Å². The molecule has 1 atom stereocenters. The maximum atomic E-state index is 5.57. The van der Waals surface area contributed by atoms with Gasteiger partial charge >= 0.3 is 0 Å². The first-order valence-electron chi connectivity index (χ1n) is 4.27. The highest BCUT2D eigenvalue weighted by molar-refractivity contribution is 5.85. The van der Waals surface area contributed by atoms with Crippen molar-refractivity contribution in [2.24, 2.45) is 5.92 Å². The second-order valence-corrected chi connectivity index (χ2v) is 3.38. The average Bonchev–Trinajstić information content (AvgIpc) is 2.74. The minimum atomic E-state index is 0. The highest BCUT2D eigenvalue weighted by atomic mass is 35.5. The molecule has 1 N–H and O–H groups in total. The topological polar surface area (TPSA) is 21.3 Å². The molecular formula is C8H16ClNO. The van der Waals surface area contributed by atoms with Crippen molar-refractivity contribution in [3.05, 3.63) is 0 Å². The molecule has 11 heavy (non-hydrogen) atoms. The van der Waals surface area contributed by atoms with Gasteiger partial charge in [0.1, 0.15) is 0 Å². The third kappa shape index (κ3) is 2.97. The molecule has 0 aromatic carbocycles. The normalized spacial score (nSPS) is 31.1. The molecule has 1 aliphatic heterocycles. The highest BCUT2D eigenvalue weighted by Crippen LogP contribution is 2.34. The van der Waals surface area contributed by atoms with E-state index in [1.54, 1.807) is 0 Å². The van der Waals surface area contributed by atoms with Gasteiger partial charge in [0.15, 0.2) is 0 Å². The van der Waals surface area contributed by atoms with Crippen LogP contribution in [0.1, 0.15) is 19.3 Å². The fraction of sp³-hybridized carbons (Fsp3) is 1.00. The summed E-state index contributed by atoms with van der Waals surface area (Å²) in [4.78, 5) is 0. The van der Waals surface area contributed by atoms with Crippen LogP contribution in [-0.4, -0.2) is 25.8 Å². The Morgan fingerprint density at radius 2 is 2.18 bits per heavy atom. The van der Waals surface area contributed by atoms with Crippen molar-refractivity contribution < 1.29 is 4.74 Å². The van der Waals surface area contributed by atoms with E-state index in [9.17, 15) is 0 Å². The Labute approximate surface area is 74.1 Å². The van der Waals surface area contributed by atoms with Crippen LogP contribution in [0, 0.1) is 5.92 Å². The van der Waals surface area contributed by atoms with Crippen LogP contribution in [0.3, 0.4) is 0 Å². The van der Waals surface area contributed by atoms with Gasteiger partial charge in [0.25, 0.3) is 0 Å². The van der Waals surface area contributed by atoms with Crippen molar-refractivity contribution in [2.75, 3.05) is 19.7 Å². The molecule has 2 fully saturated rings. The zero-order valence-electron chi connectivity index (χ0n) is 6.71. The zero-order valence-corrected chi connectivity index (χ0v) is 7.53. The van der Waals surface area contributed by atoms with Crippen molar-refractivity contribution in [3.8, 4) is 0 Å². The molecule has 3 heteroatoms. The molecule has 0 aromatic rings. The molecular weight excluding hydrogens is 162 g/mol. The lowest BCUT2D eigenvalue weighted by Crippen LogP contribution is -2.38. The van der Waals surface area contributed by atoms with Gasteiger partial charge in [-0.1, -0.05) is 12.8 Å². The third-order valence-electron chi connectivity index (χ3n) is 2.30. The summed E-state index contributed by atoms with van der Waals surface area (Å²) in [6, 6.07) is 0. The molecule has 2 aliphatic rings. The first-order valence-corrected chi connectivity index (χ1v) is 4.27. The summed E-state index contributed by atoms with van der Waals surface area (Å²) in [5.41, 5.74) is 0. The van der Waals surface area contributed by atoms with E-state index in [0.29, 0.717) is 6.10 Å². The van der Waals surface area contributed by atoms with E-state index in [1.165, 1.54) is 19.3 Å². The molecule has 1 unspecified atom stereocenters. The van der Waals surface area contributed by atoms with Crippen LogP contribution in [0.2, 0.25) is 0 Å². The second-order valence-electron chi connectivity index (χ2n) is 3.38. The Hall–Kier alpha value is 0.210. The van der Waals surface area contributed by atoms with Crippen molar-refractivity contribution in [2.45, 2.75) is 25.4 Å². The van der Waals surface area contributed by atoms with Crippen LogP contribution < -0.4 is 5.32 Å². The van der Waals surface area contributed by atoms with Gasteiger partial charge in [0.2, 0.25) is 0 Å². The van der Waals surface area contributed by atoms with Crippen LogP contribution in [0.5, 0.6) is 0 Å². The summed E-state index contributed by atoms with van der Waals surface area (Å²) in [6.07, 6.45) is 4.72. The molecule has 66 valence electrons. The predicted molar refractivity (Wildman–Crippen MR) is 47.2 cm³/mol. The predicted octanol–water partition coefficient (Wildman–Crippen LogP) is 1.20. The molecule has 2 nitrogen and oxygen atoms in total. The summed E-state index contributed by atoms with van der Waals surface area (Å²) >= 11 is 0. The second kappa shape index (κ2) is 4.29. The number of halogens is 1. The lowest BCUT2D eigenvalue weighted by atomic mass is 10.1. The van der Waals surface area contributed by atoms with Crippen molar-refractivity contribution in [1.29, 1.82) is 0 Å². The number of morpholine rings is 1. The Morgan fingerprint density at radius 3 is 2.73 bits per heavy atom. The van der Waals surface area contributed by atoms with E-state index >= 15 is 0 Å². The van der Waals surface area contributed by atoms with Gasteiger partial charge < -0.3 is 10.1 Å². The van der Waals surface area contributed by atoms with Crippen LogP contribution in [0.4, 0.5) is 0 Å². The van der Waals surface area contributed by atoms with Gasteiger partial charge in [0, 0.05) is 13.1 Å². The fourth-order valence-corrected chi connectivity index (χ4v) is 1.50. The van der Waals surface area contributed by atoms with Gasteiger partial charge in [0.05, 0.1) is 12.7 Å². The Kier molecular flexibility index (Phi) is 3.63. The quantitative estimate of drug-likeness (QED) is 0.685. The first-order chi connectivity index (χ1) is 4.95. The minimum absolute atomic E-state index is 0. The lowest BCUT2D eigenvalue weighted by molar-refractivity contribution is 0.0202. The number of nitrogens with one attached hydrogen (secondary N) is 1. The third-order valence-corrected chi connectivity index (χ3v) is 2.30. The molecule has 0 spiro atoms. The summed E-state index contributed by atoms with van der Waals surface area (Å²) in [7, 11) is 0. The Morgan fingerprint density at radius 1 is 1.36 bits per heavy atom. The molecule has 1 aliphatic carbocycles. The van der Waals surface area contributed by atoms with E-state index in [0.717, 1.165) is 25.6 Å². The standard InChI is InChI=1S/C8H15NO.ClH/c1-2-7(1)5-8-6-9-3-4-10-8;/h7-9H,1-6H2;1H. The Balaban J connectivity index is 0.000000605. The maximum Gasteiger partial charge on any atom is 0.0702 e. The summed E-state index contributed by atoms with van der Waals surface area (Å²) < 4.78 is 5.57. The van der Waals surface area contributed by atoms with Crippen molar-refractivity contribution in [1.82, 2.24) is 5.32 Å². The van der Waals surface area contributed by atoms with Crippen LogP contribution in [0.25, 0.3) is 0 Å². The first kappa shape index (κ1) is 9.30. The zero-order chi connectivity index (χ0) is 6.81. The summed E-state index contributed by atoms with van der Waals surface area (Å²) in [5, 5.41) is 3.34. The summed E-state index contributed by atoms with van der Waals surface area (Å²) in [5.74, 6) is 1.00. The average molecular weight is 178 g/mol. The molecule has 0 bridgehead atoms. The molecule has 0 amide bonds. The fourth-order valence-electron chi connectivity index (χ4n) is 1.50. The molecule has 1 saturated carbocycles. The molecule has 1 heterocycles. The van der Waals surface area contributed by atoms with E-state index in [2.05, 4.69) is 5.32 Å². The van der Waals surface area contributed by atoms with Crippen LogP contribution >= 0.6 is 12.4 Å². The van der Waals surface area contributed by atoms with Gasteiger partial charge in [-0.2, -0.15) is 0 Å². The molecule has 2 rings (SSSR count). The number of ether oxygens (including phenoxy) is 1. The van der Waals surface area contributed by atoms with E-state index in [4.69, 9.17) is 4.74 Å². The lowest BCUT2D eigenvalue weighted by Gasteiger charge is -2.23. The van der Waals surface area contributed by atoms with Gasteiger partial charge in [-0.15, -0.1) is 12.4 Å². The smallest absolute Gasteiger partial charge is 0.0702 e. The maximum absolute atomic E-state index is 5.57. The van der Waals surface area contributed by atoms with Crippen molar-refractivity contribution in [3.63, 3.8) is 0 Å². The van der Waals surface area contributed by atoms with Gasteiger partial charge in [-0.25, -0.2) is 0 Å². The van der Waals surface area contributed by atoms with E-state index in [1.807, 2.05) is 0 Å². The summed E-state index contributed by atoms with van der Waals surface area (Å²) in [6.45, 7) is 3.04. The number of rotatable bonds is 2. The van der Waals surface area contributed by atoms with Gasteiger partial charge in [-0.05, 0) is 12.3 Å². The van der Waals surface area contributed by atoms with Crippen LogP contribution in [-0.2, 0) is 4.74 Å². The largest absolute Gasteiger partial charge is 0.376 e. The monoisotopic (exact) mass is 177 g/mol. The molecule has 0 aromatic heterocycles. The molecule has 1 saturated heterocycles. The van der Waals surface area contributed by atoms with Crippen LogP contribution in [0.15, 0.2) is 0 Å². The number of hydrogen-bond acceptors (Lipinski definition) is 2. The van der Waals surface area contributed by atoms with Gasteiger partial charge in [-0.3, -0.25) is 0 Å². The SMILES string of the molecule is C1COC(CC2CC2)CN1.Cl. The van der Waals surface area contributed by atoms with E-state index < -0.39 is 0 Å². The highest BCUT2D eigenvalue weighted by Gasteiger charge is 2.26. The molecule has 0 radical (unpaired) electrons.